The summed E-state index contributed by atoms with van der Waals surface area (Å²) in [5.41, 5.74) is 1.97. The van der Waals surface area contributed by atoms with Gasteiger partial charge in [-0.3, -0.25) is 19.1 Å². The third-order valence-corrected chi connectivity index (χ3v) is 6.05. The maximum atomic E-state index is 13.0. The Balaban J connectivity index is 1.92. The summed E-state index contributed by atoms with van der Waals surface area (Å²) in [5.74, 6) is -0.595. The zero-order chi connectivity index (χ0) is 20.1. The molecule has 1 aliphatic heterocycles. The number of aromatic hydroxyl groups is 1. The molecule has 1 aliphatic rings. The van der Waals surface area contributed by atoms with E-state index in [0.29, 0.717) is 23.2 Å². The highest BCUT2D eigenvalue weighted by atomic mass is 32.2. The van der Waals surface area contributed by atoms with Gasteiger partial charge in [-0.15, -0.1) is 0 Å². The van der Waals surface area contributed by atoms with E-state index in [-0.39, 0.29) is 29.3 Å². The molecule has 0 fully saturated rings. The number of aromatic nitrogens is 2. The Morgan fingerprint density at radius 2 is 2.00 bits per heavy atom. The molecule has 0 saturated heterocycles. The molecular weight excluding hydrogens is 380 g/mol. The van der Waals surface area contributed by atoms with Gasteiger partial charge in [-0.25, -0.2) is 8.42 Å². The van der Waals surface area contributed by atoms with Crippen molar-refractivity contribution in [2.45, 2.75) is 13.1 Å². The molecular formula is C19H18N4O4S. The van der Waals surface area contributed by atoms with E-state index in [2.05, 4.69) is 9.97 Å². The standard InChI is InChI=1S/C19H18N4O4S/c1-22(28(2,26)27)17-13-6-4-8-21-16(13)18(24)15-14(17)11-23(19(15)25)10-12-5-3-7-20-9-12/h3-9,24H,10-11H2,1-2H3. The molecule has 0 unspecified atom stereocenters. The summed E-state index contributed by atoms with van der Waals surface area (Å²) >= 11 is 0. The molecule has 9 heteroatoms. The number of phenolic OH excluding ortho intramolecular Hbond substituents is 1. The van der Waals surface area contributed by atoms with E-state index in [0.717, 1.165) is 16.1 Å². The molecule has 1 aromatic carbocycles. The van der Waals surface area contributed by atoms with E-state index in [9.17, 15) is 18.3 Å². The maximum absolute atomic E-state index is 13.0. The Hall–Kier alpha value is -3.20. The topological polar surface area (TPSA) is 104 Å². The number of benzene rings is 1. The number of carbonyl (C=O) groups is 1. The van der Waals surface area contributed by atoms with Crippen LogP contribution in [0.1, 0.15) is 21.5 Å². The van der Waals surface area contributed by atoms with Crippen molar-refractivity contribution in [1.29, 1.82) is 0 Å². The Kier molecular flexibility index (Phi) is 4.19. The van der Waals surface area contributed by atoms with E-state index >= 15 is 0 Å². The lowest BCUT2D eigenvalue weighted by atomic mass is 10.0. The molecule has 1 N–H and O–H groups in total. The van der Waals surface area contributed by atoms with Crippen molar-refractivity contribution in [1.82, 2.24) is 14.9 Å². The number of phenols is 1. The fourth-order valence-electron chi connectivity index (χ4n) is 3.50. The SMILES string of the molecule is CN(c1c2c(c(O)c3ncccc13)C(=O)N(Cc1cccnc1)C2)S(C)(=O)=O. The Morgan fingerprint density at radius 1 is 1.25 bits per heavy atom. The lowest BCUT2D eigenvalue weighted by molar-refractivity contribution is 0.0764. The molecule has 2 aromatic heterocycles. The third-order valence-electron chi connectivity index (χ3n) is 4.87. The van der Waals surface area contributed by atoms with Crippen molar-refractivity contribution < 1.29 is 18.3 Å². The zero-order valence-electron chi connectivity index (χ0n) is 15.3. The van der Waals surface area contributed by atoms with Gasteiger partial charge in [0.2, 0.25) is 10.0 Å². The van der Waals surface area contributed by atoms with Gasteiger partial charge in [0.15, 0.2) is 5.75 Å². The van der Waals surface area contributed by atoms with Crippen LogP contribution in [-0.4, -0.2) is 47.6 Å². The number of carbonyl (C=O) groups excluding carboxylic acids is 1. The van der Waals surface area contributed by atoms with Crippen LogP contribution in [0.3, 0.4) is 0 Å². The predicted octanol–water partition coefficient (Wildman–Crippen LogP) is 1.89. The van der Waals surface area contributed by atoms with Gasteiger partial charge >= 0.3 is 0 Å². The van der Waals surface area contributed by atoms with Gasteiger partial charge in [0.1, 0.15) is 5.52 Å². The number of nitrogens with zero attached hydrogens (tertiary/aromatic N) is 4. The van der Waals surface area contributed by atoms with E-state index in [1.54, 1.807) is 35.5 Å². The van der Waals surface area contributed by atoms with Crippen LogP contribution in [0.15, 0.2) is 42.9 Å². The van der Waals surface area contributed by atoms with Crippen molar-refractivity contribution in [3.05, 3.63) is 59.5 Å². The number of hydrogen-bond acceptors (Lipinski definition) is 6. The summed E-state index contributed by atoms with van der Waals surface area (Å²) in [6.07, 6.45) is 5.90. The van der Waals surface area contributed by atoms with Gasteiger partial charge in [0.25, 0.3) is 5.91 Å². The fourth-order valence-corrected chi connectivity index (χ4v) is 4.04. The van der Waals surface area contributed by atoms with Crippen LogP contribution in [0.4, 0.5) is 5.69 Å². The number of pyridine rings is 2. The molecule has 3 aromatic rings. The number of rotatable bonds is 4. The highest BCUT2D eigenvalue weighted by Crippen LogP contribution is 2.44. The van der Waals surface area contributed by atoms with Crippen LogP contribution in [0, 0.1) is 0 Å². The molecule has 8 nitrogen and oxygen atoms in total. The van der Waals surface area contributed by atoms with Gasteiger partial charge in [0, 0.05) is 49.7 Å². The minimum absolute atomic E-state index is 0.0978. The average Bonchev–Trinajstić information content (AvgIpc) is 2.98. The second-order valence-corrected chi connectivity index (χ2v) is 8.72. The molecule has 0 spiro atoms. The predicted molar refractivity (Wildman–Crippen MR) is 104 cm³/mol. The second-order valence-electron chi connectivity index (χ2n) is 6.70. The van der Waals surface area contributed by atoms with Crippen LogP contribution in [-0.2, 0) is 23.1 Å². The molecule has 28 heavy (non-hydrogen) atoms. The van der Waals surface area contributed by atoms with Crippen LogP contribution in [0.2, 0.25) is 0 Å². The summed E-state index contributed by atoms with van der Waals surface area (Å²) in [6.45, 7) is 0.475. The lowest BCUT2D eigenvalue weighted by Gasteiger charge is -2.22. The van der Waals surface area contributed by atoms with Crippen molar-refractivity contribution in [2.75, 3.05) is 17.6 Å². The maximum Gasteiger partial charge on any atom is 0.258 e. The molecule has 0 bridgehead atoms. The van der Waals surface area contributed by atoms with Crippen LogP contribution in [0.25, 0.3) is 10.9 Å². The molecule has 0 atom stereocenters. The summed E-state index contributed by atoms with van der Waals surface area (Å²) in [7, 11) is -2.16. The van der Waals surface area contributed by atoms with Crippen LogP contribution >= 0.6 is 0 Å². The number of fused-ring (bicyclic) bond motifs is 2. The number of anilines is 1. The van der Waals surface area contributed by atoms with Gasteiger partial charge < -0.3 is 10.0 Å². The van der Waals surface area contributed by atoms with Crippen LogP contribution < -0.4 is 4.31 Å². The first kappa shape index (κ1) is 18.2. The van der Waals surface area contributed by atoms with Crippen molar-refractivity contribution in [3.63, 3.8) is 0 Å². The minimum atomic E-state index is -3.59. The smallest absolute Gasteiger partial charge is 0.258 e. The summed E-state index contributed by atoms with van der Waals surface area (Å²) < 4.78 is 25.6. The first-order valence-corrected chi connectivity index (χ1v) is 10.4. The van der Waals surface area contributed by atoms with Gasteiger partial charge in [-0.1, -0.05) is 6.07 Å². The molecule has 3 heterocycles. The monoisotopic (exact) mass is 398 g/mol. The normalized spacial score (nSPS) is 13.8. The molecule has 1 amide bonds. The fraction of sp³-hybridized carbons (Fsp3) is 0.211. The molecule has 4 rings (SSSR count). The Labute approximate surface area is 162 Å². The Bertz CT molecular complexity index is 1200. The second kappa shape index (κ2) is 6.45. The van der Waals surface area contributed by atoms with E-state index in [1.165, 1.54) is 13.2 Å². The number of sulfonamides is 1. The molecule has 0 saturated carbocycles. The average molecular weight is 398 g/mol. The van der Waals surface area contributed by atoms with E-state index in [4.69, 9.17) is 0 Å². The number of hydrogen-bond donors (Lipinski definition) is 1. The summed E-state index contributed by atoms with van der Waals surface area (Å²) in [6, 6.07) is 6.98. The quantitative estimate of drug-likeness (QED) is 0.720. The first-order chi connectivity index (χ1) is 13.3. The summed E-state index contributed by atoms with van der Waals surface area (Å²) in [4.78, 5) is 22.8. The molecule has 144 valence electrons. The zero-order valence-corrected chi connectivity index (χ0v) is 16.1. The Morgan fingerprint density at radius 3 is 2.68 bits per heavy atom. The van der Waals surface area contributed by atoms with Crippen molar-refractivity contribution in [3.8, 4) is 5.75 Å². The molecule has 0 aliphatic carbocycles. The molecule has 0 radical (unpaired) electrons. The largest absolute Gasteiger partial charge is 0.505 e. The van der Waals surface area contributed by atoms with Crippen LogP contribution in [0.5, 0.6) is 5.75 Å². The van der Waals surface area contributed by atoms with E-state index < -0.39 is 10.0 Å². The van der Waals surface area contributed by atoms with Crippen molar-refractivity contribution in [2.24, 2.45) is 0 Å². The highest BCUT2D eigenvalue weighted by molar-refractivity contribution is 7.92. The third kappa shape index (κ3) is 2.84. The first-order valence-electron chi connectivity index (χ1n) is 8.53. The van der Waals surface area contributed by atoms with Gasteiger partial charge in [-0.05, 0) is 23.8 Å². The number of amides is 1. The van der Waals surface area contributed by atoms with Crippen molar-refractivity contribution >= 4 is 32.5 Å². The van der Waals surface area contributed by atoms with E-state index in [1.807, 2.05) is 6.07 Å². The van der Waals surface area contributed by atoms with Gasteiger partial charge in [-0.2, -0.15) is 0 Å². The van der Waals surface area contributed by atoms with Gasteiger partial charge in [0.05, 0.1) is 17.5 Å². The summed E-state index contributed by atoms with van der Waals surface area (Å²) in [5, 5.41) is 11.2. The highest BCUT2D eigenvalue weighted by Gasteiger charge is 2.37. The minimum Gasteiger partial charge on any atom is -0.505 e. The lowest BCUT2D eigenvalue weighted by Crippen LogP contribution is -2.26.